The van der Waals surface area contributed by atoms with Crippen LogP contribution in [0, 0.1) is 19.8 Å². The van der Waals surface area contributed by atoms with E-state index in [0.29, 0.717) is 32.8 Å². The summed E-state index contributed by atoms with van der Waals surface area (Å²) in [5.41, 5.74) is 3.14. The van der Waals surface area contributed by atoms with Gasteiger partial charge in [-0.1, -0.05) is 17.7 Å². The highest BCUT2D eigenvalue weighted by atomic mass is 16.5. The highest BCUT2D eigenvalue weighted by Crippen LogP contribution is 2.21. The Labute approximate surface area is 155 Å². The maximum atomic E-state index is 12.6. The van der Waals surface area contributed by atoms with E-state index in [1.807, 2.05) is 30.9 Å². The Morgan fingerprint density at radius 3 is 2.46 bits per heavy atom. The Balaban J connectivity index is 1.44. The second-order valence-corrected chi connectivity index (χ2v) is 7.35. The van der Waals surface area contributed by atoms with Gasteiger partial charge in [0.15, 0.2) is 0 Å². The lowest BCUT2D eigenvalue weighted by molar-refractivity contribution is -0.141. The van der Waals surface area contributed by atoms with E-state index in [4.69, 9.17) is 4.74 Å². The van der Waals surface area contributed by atoms with Crippen LogP contribution >= 0.6 is 0 Å². The van der Waals surface area contributed by atoms with E-state index < -0.39 is 0 Å². The van der Waals surface area contributed by atoms with E-state index in [0.717, 1.165) is 37.2 Å². The molecule has 2 amide bonds. The third-order valence-corrected chi connectivity index (χ3v) is 5.28. The summed E-state index contributed by atoms with van der Waals surface area (Å²) in [6, 6.07) is 6.03. The van der Waals surface area contributed by atoms with Crippen molar-refractivity contribution in [2.45, 2.75) is 26.7 Å². The molecule has 0 bridgehead atoms. The van der Waals surface area contributed by atoms with Crippen LogP contribution < -0.4 is 5.32 Å². The van der Waals surface area contributed by atoms with Gasteiger partial charge in [-0.05, 0) is 51.4 Å². The van der Waals surface area contributed by atoms with Crippen LogP contribution in [0.25, 0.3) is 0 Å². The monoisotopic (exact) mass is 359 g/mol. The molecule has 142 valence electrons. The zero-order chi connectivity index (χ0) is 18.5. The first-order valence-corrected chi connectivity index (χ1v) is 9.49. The summed E-state index contributed by atoms with van der Waals surface area (Å²) in [5.74, 6) is 0.356. The predicted octanol–water partition coefficient (Wildman–Crippen LogP) is 1.81. The third-order valence-electron chi connectivity index (χ3n) is 5.28. The van der Waals surface area contributed by atoms with Crippen LogP contribution in [0.15, 0.2) is 18.2 Å². The van der Waals surface area contributed by atoms with Crippen molar-refractivity contribution in [1.82, 2.24) is 9.80 Å². The zero-order valence-corrected chi connectivity index (χ0v) is 15.8. The maximum absolute atomic E-state index is 12.6. The second kappa shape index (κ2) is 8.64. The molecule has 1 aromatic rings. The molecule has 2 aliphatic rings. The zero-order valence-electron chi connectivity index (χ0n) is 15.8. The average molecular weight is 359 g/mol. The van der Waals surface area contributed by atoms with E-state index >= 15 is 0 Å². The fraction of sp³-hybridized carbons (Fsp3) is 0.600. The number of likely N-dealkylation sites (tertiary alicyclic amines) is 1. The van der Waals surface area contributed by atoms with E-state index in [1.165, 1.54) is 5.56 Å². The van der Waals surface area contributed by atoms with Gasteiger partial charge in [0.2, 0.25) is 11.8 Å². The minimum Gasteiger partial charge on any atom is -0.378 e. The fourth-order valence-electron chi connectivity index (χ4n) is 3.73. The quantitative estimate of drug-likeness (QED) is 0.891. The van der Waals surface area contributed by atoms with Gasteiger partial charge in [-0.15, -0.1) is 0 Å². The molecule has 2 heterocycles. The van der Waals surface area contributed by atoms with E-state index in [-0.39, 0.29) is 17.7 Å². The van der Waals surface area contributed by atoms with E-state index in [2.05, 4.69) is 16.3 Å². The van der Waals surface area contributed by atoms with Crippen LogP contribution in [0.4, 0.5) is 5.69 Å². The molecule has 0 atom stereocenters. The van der Waals surface area contributed by atoms with Crippen LogP contribution in [0.2, 0.25) is 0 Å². The molecule has 1 aromatic carbocycles. The molecule has 6 heteroatoms. The Morgan fingerprint density at radius 2 is 1.81 bits per heavy atom. The predicted molar refractivity (Wildman–Crippen MR) is 101 cm³/mol. The molecule has 2 aliphatic heterocycles. The van der Waals surface area contributed by atoms with Crippen LogP contribution in [0.1, 0.15) is 24.0 Å². The summed E-state index contributed by atoms with van der Waals surface area (Å²) in [7, 11) is 0. The summed E-state index contributed by atoms with van der Waals surface area (Å²) in [4.78, 5) is 29.0. The lowest BCUT2D eigenvalue weighted by Crippen LogP contribution is -2.47. The lowest BCUT2D eigenvalue weighted by atomic mass is 9.95. The molecule has 0 radical (unpaired) electrons. The normalized spacial score (nSPS) is 19.4. The first kappa shape index (κ1) is 18.9. The van der Waals surface area contributed by atoms with Gasteiger partial charge in [0.1, 0.15) is 0 Å². The van der Waals surface area contributed by atoms with Gasteiger partial charge in [0.25, 0.3) is 0 Å². The standard InChI is InChI=1S/C20H29N3O3/c1-15-3-4-18(16(2)13-15)21-19(24)14-22-7-5-17(6-8-22)20(25)23-9-11-26-12-10-23/h3-4,13,17H,5-12,14H2,1-2H3,(H,21,24). The van der Waals surface area contributed by atoms with Crippen molar-refractivity contribution in [3.8, 4) is 0 Å². The molecule has 1 N–H and O–H groups in total. The molecule has 0 spiro atoms. The summed E-state index contributed by atoms with van der Waals surface area (Å²) in [5, 5.41) is 3.00. The minimum absolute atomic E-state index is 0.00917. The van der Waals surface area contributed by atoms with Crippen molar-refractivity contribution in [3.63, 3.8) is 0 Å². The summed E-state index contributed by atoms with van der Waals surface area (Å²) in [6.45, 7) is 8.71. The SMILES string of the molecule is Cc1ccc(NC(=O)CN2CCC(C(=O)N3CCOCC3)CC2)c(C)c1. The molecule has 0 unspecified atom stereocenters. The molecular weight excluding hydrogens is 330 g/mol. The number of hydrogen-bond acceptors (Lipinski definition) is 4. The molecule has 0 saturated carbocycles. The Hall–Kier alpha value is -1.92. The molecule has 0 aromatic heterocycles. The van der Waals surface area contributed by atoms with Crippen LogP contribution in [-0.4, -0.2) is 67.6 Å². The number of hydrogen-bond donors (Lipinski definition) is 1. The van der Waals surface area contributed by atoms with Crippen molar-refractivity contribution < 1.29 is 14.3 Å². The summed E-state index contributed by atoms with van der Waals surface area (Å²) >= 11 is 0. The van der Waals surface area contributed by atoms with Gasteiger partial charge in [-0.25, -0.2) is 0 Å². The molecular formula is C20H29N3O3. The lowest BCUT2D eigenvalue weighted by Gasteiger charge is -2.35. The van der Waals surface area contributed by atoms with Crippen LogP contribution in [0.5, 0.6) is 0 Å². The highest BCUT2D eigenvalue weighted by molar-refractivity contribution is 5.93. The number of amides is 2. The number of anilines is 1. The molecule has 0 aliphatic carbocycles. The van der Waals surface area contributed by atoms with Gasteiger partial charge in [-0.3, -0.25) is 14.5 Å². The molecule has 2 fully saturated rings. The van der Waals surface area contributed by atoms with Crippen molar-refractivity contribution in [3.05, 3.63) is 29.3 Å². The highest BCUT2D eigenvalue weighted by Gasteiger charge is 2.29. The molecule has 26 heavy (non-hydrogen) atoms. The molecule has 2 saturated heterocycles. The van der Waals surface area contributed by atoms with Gasteiger partial charge < -0.3 is 15.0 Å². The van der Waals surface area contributed by atoms with E-state index in [9.17, 15) is 9.59 Å². The number of benzene rings is 1. The van der Waals surface area contributed by atoms with Crippen LogP contribution in [0.3, 0.4) is 0 Å². The van der Waals surface area contributed by atoms with Crippen molar-refractivity contribution in [2.75, 3.05) is 51.3 Å². The smallest absolute Gasteiger partial charge is 0.238 e. The summed E-state index contributed by atoms with van der Waals surface area (Å²) < 4.78 is 5.32. The first-order chi connectivity index (χ1) is 12.5. The summed E-state index contributed by atoms with van der Waals surface area (Å²) in [6.07, 6.45) is 1.65. The Morgan fingerprint density at radius 1 is 1.12 bits per heavy atom. The van der Waals surface area contributed by atoms with Crippen molar-refractivity contribution in [1.29, 1.82) is 0 Å². The minimum atomic E-state index is 0.00917. The number of nitrogens with zero attached hydrogens (tertiary/aromatic N) is 2. The van der Waals surface area contributed by atoms with Gasteiger partial charge in [0.05, 0.1) is 19.8 Å². The van der Waals surface area contributed by atoms with Gasteiger partial charge in [0, 0.05) is 24.7 Å². The van der Waals surface area contributed by atoms with E-state index in [1.54, 1.807) is 0 Å². The second-order valence-electron chi connectivity index (χ2n) is 7.35. The maximum Gasteiger partial charge on any atom is 0.238 e. The first-order valence-electron chi connectivity index (χ1n) is 9.49. The van der Waals surface area contributed by atoms with Gasteiger partial charge in [-0.2, -0.15) is 0 Å². The number of morpholine rings is 1. The number of carbonyl (C=O) groups excluding carboxylic acids is 2. The number of piperidine rings is 1. The third kappa shape index (κ3) is 4.83. The topological polar surface area (TPSA) is 61.9 Å². The fourth-order valence-corrected chi connectivity index (χ4v) is 3.73. The van der Waals surface area contributed by atoms with Crippen LogP contribution in [-0.2, 0) is 14.3 Å². The number of carbonyl (C=O) groups is 2. The number of nitrogens with one attached hydrogen (secondary N) is 1. The molecule has 3 rings (SSSR count). The van der Waals surface area contributed by atoms with Gasteiger partial charge >= 0.3 is 0 Å². The van der Waals surface area contributed by atoms with Crippen molar-refractivity contribution >= 4 is 17.5 Å². The van der Waals surface area contributed by atoms with Crippen molar-refractivity contribution in [2.24, 2.45) is 5.92 Å². The largest absolute Gasteiger partial charge is 0.378 e. The molecule has 6 nitrogen and oxygen atoms in total. The Kier molecular flexibility index (Phi) is 6.27. The number of rotatable bonds is 4. The number of aryl methyl sites for hydroxylation is 2. The Bertz CT molecular complexity index is 648. The average Bonchev–Trinajstić information content (AvgIpc) is 2.65. The number of ether oxygens (including phenoxy) is 1.